The maximum Gasteiger partial charge on any atom is 0.310 e. The molecule has 2 aliphatic rings. The van der Waals surface area contributed by atoms with Gasteiger partial charge in [-0.25, -0.2) is 0 Å². The number of benzene rings is 2. The fraction of sp³-hybridized carbons (Fsp3) is 0.250. The SMILES string of the molecule is CCOC(=O)C1C2Sc3ccccc3C21.c1ccc2sccc2c1. The Morgan fingerprint density at radius 3 is 2.71 bits per heavy atom. The molecule has 4 heteroatoms. The third-order valence-corrected chi connectivity index (χ3v) is 6.80. The smallest absolute Gasteiger partial charge is 0.310 e. The summed E-state index contributed by atoms with van der Waals surface area (Å²) in [6, 6.07) is 18.9. The van der Waals surface area contributed by atoms with Gasteiger partial charge in [0.1, 0.15) is 0 Å². The summed E-state index contributed by atoms with van der Waals surface area (Å²) in [5.74, 6) is 0.518. The van der Waals surface area contributed by atoms with Crippen LogP contribution in [0.3, 0.4) is 0 Å². The van der Waals surface area contributed by atoms with Crippen molar-refractivity contribution in [2.45, 2.75) is 23.0 Å². The van der Waals surface area contributed by atoms with Gasteiger partial charge in [-0.3, -0.25) is 4.79 Å². The van der Waals surface area contributed by atoms with Crippen molar-refractivity contribution in [1.82, 2.24) is 0 Å². The number of carbonyl (C=O) groups is 1. The molecule has 3 aromatic rings. The van der Waals surface area contributed by atoms with Crippen LogP contribution in [0, 0.1) is 5.92 Å². The molecule has 1 aliphatic carbocycles. The first-order valence-electron chi connectivity index (χ1n) is 8.14. The Morgan fingerprint density at radius 1 is 1.08 bits per heavy atom. The highest BCUT2D eigenvalue weighted by Crippen LogP contribution is 2.64. The molecular formula is C20H18O2S2. The van der Waals surface area contributed by atoms with E-state index in [1.807, 2.05) is 24.8 Å². The predicted octanol–water partition coefficient (Wildman–Crippen LogP) is 5.34. The summed E-state index contributed by atoms with van der Waals surface area (Å²) in [4.78, 5) is 12.9. The number of hydrogen-bond acceptors (Lipinski definition) is 4. The van der Waals surface area contributed by atoms with E-state index in [2.05, 4.69) is 53.9 Å². The highest BCUT2D eigenvalue weighted by atomic mass is 32.2. The van der Waals surface area contributed by atoms with Gasteiger partial charge in [0, 0.05) is 20.8 Å². The Balaban J connectivity index is 0.000000138. The summed E-state index contributed by atoms with van der Waals surface area (Å²) < 4.78 is 6.44. The second kappa shape index (κ2) is 6.61. The van der Waals surface area contributed by atoms with Gasteiger partial charge < -0.3 is 4.74 Å². The molecule has 0 spiro atoms. The van der Waals surface area contributed by atoms with Crippen molar-refractivity contribution in [2.75, 3.05) is 6.61 Å². The Hall–Kier alpha value is -1.78. The quantitative estimate of drug-likeness (QED) is 0.581. The van der Waals surface area contributed by atoms with Crippen molar-refractivity contribution < 1.29 is 9.53 Å². The Labute approximate surface area is 149 Å². The largest absolute Gasteiger partial charge is 0.466 e. The van der Waals surface area contributed by atoms with Crippen LogP contribution in [0.25, 0.3) is 10.1 Å². The van der Waals surface area contributed by atoms with E-state index in [4.69, 9.17) is 4.74 Å². The summed E-state index contributed by atoms with van der Waals surface area (Å²) in [5.41, 5.74) is 1.34. The van der Waals surface area contributed by atoms with Crippen molar-refractivity contribution >= 4 is 39.2 Å². The number of thioether (sulfide) groups is 1. The van der Waals surface area contributed by atoms with Crippen LogP contribution in [0.5, 0.6) is 0 Å². The van der Waals surface area contributed by atoms with Crippen LogP contribution in [0.1, 0.15) is 18.4 Å². The first-order valence-corrected chi connectivity index (χ1v) is 9.90. The van der Waals surface area contributed by atoms with Gasteiger partial charge in [0.05, 0.1) is 12.5 Å². The second-order valence-electron chi connectivity index (χ2n) is 5.88. The van der Waals surface area contributed by atoms with Crippen LogP contribution in [0.2, 0.25) is 0 Å². The Bertz CT molecular complexity index is 840. The molecule has 24 heavy (non-hydrogen) atoms. The summed E-state index contributed by atoms with van der Waals surface area (Å²) in [7, 11) is 0. The van der Waals surface area contributed by atoms with Crippen molar-refractivity contribution in [3.8, 4) is 0 Å². The van der Waals surface area contributed by atoms with Crippen LogP contribution in [0.4, 0.5) is 0 Å². The van der Waals surface area contributed by atoms with E-state index in [0.717, 1.165) is 0 Å². The minimum atomic E-state index is -0.0190. The molecule has 2 heterocycles. The molecule has 0 amide bonds. The fourth-order valence-corrected chi connectivity index (χ4v) is 5.62. The number of ether oxygens (including phenoxy) is 1. The van der Waals surface area contributed by atoms with E-state index in [1.165, 1.54) is 20.5 Å². The molecular weight excluding hydrogens is 336 g/mol. The average molecular weight is 354 g/mol. The van der Waals surface area contributed by atoms with Gasteiger partial charge in [-0.2, -0.15) is 0 Å². The second-order valence-corrected chi connectivity index (χ2v) is 8.05. The lowest BCUT2D eigenvalue weighted by Crippen LogP contribution is -2.09. The monoisotopic (exact) mass is 354 g/mol. The highest BCUT2D eigenvalue weighted by Gasteiger charge is 2.61. The lowest BCUT2D eigenvalue weighted by Gasteiger charge is -2.05. The number of carbonyl (C=O) groups excluding carboxylic acids is 1. The maximum atomic E-state index is 11.6. The van der Waals surface area contributed by atoms with Gasteiger partial charge >= 0.3 is 5.97 Å². The van der Waals surface area contributed by atoms with Gasteiger partial charge in [0.2, 0.25) is 0 Å². The van der Waals surface area contributed by atoms with E-state index in [-0.39, 0.29) is 11.9 Å². The molecule has 1 saturated carbocycles. The molecule has 0 radical (unpaired) electrons. The van der Waals surface area contributed by atoms with Gasteiger partial charge in [0.15, 0.2) is 0 Å². The standard InChI is InChI=1S/C12H12O2S.C8H6S/c1-2-14-12(13)10-9-7-5-3-4-6-8(7)15-11(9)10;1-2-4-8-7(3-1)5-6-9-8/h3-6,9-11H,2H2,1H3;1-6H. The summed E-state index contributed by atoms with van der Waals surface area (Å²) in [6.07, 6.45) is 0. The zero-order chi connectivity index (χ0) is 16.5. The molecule has 3 unspecified atom stereocenters. The number of hydrogen-bond donors (Lipinski definition) is 0. The minimum absolute atomic E-state index is 0.0190. The molecule has 0 saturated heterocycles. The lowest BCUT2D eigenvalue weighted by molar-refractivity contribution is -0.144. The molecule has 1 fully saturated rings. The molecule has 0 bridgehead atoms. The molecule has 1 aliphatic heterocycles. The van der Waals surface area contributed by atoms with Gasteiger partial charge in [0.25, 0.3) is 0 Å². The van der Waals surface area contributed by atoms with Crippen molar-refractivity contribution in [1.29, 1.82) is 0 Å². The molecule has 2 nitrogen and oxygen atoms in total. The predicted molar refractivity (Wildman–Crippen MR) is 101 cm³/mol. The van der Waals surface area contributed by atoms with Crippen LogP contribution in [0.15, 0.2) is 64.9 Å². The van der Waals surface area contributed by atoms with E-state index in [0.29, 0.717) is 17.8 Å². The van der Waals surface area contributed by atoms with E-state index < -0.39 is 0 Å². The average Bonchev–Trinajstić information content (AvgIpc) is 2.97. The topological polar surface area (TPSA) is 26.3 Å². The third kappa shape index (κ3) is 2.85. The van der Waals surface area contributed by atoms with Crippen LogP contribution in [-0.4, -0.2) is 17.8 Å². The van der Waals surface area contributed by atoms with Gasteiger partial charge in [-0.1, -0.05) is 36.4 Å². The molecule has 3 atom stereocenters. The fourth-order valence-electron chi connectivity index (χ4n) is 3.24. The Kier molecular flexibility index (Phi) is 4.33. The summed E-state index contributed by atoms with van der Waals surface area (Å²) in [6.45, 7) is 2.35. The zero-order valence-electron chi connectivity index (χ0n) is 13.3. The molecule has 0 N–H and O–H groups in total. The van der Waals surface area contributed by atoms with Crippen molar-refractivity contribution in [3.05, 3.63) is 65.5 Å². The van der Waals surface area contributed by atoms with Crippen molar-refractivity contribution in [3.63, 3.8) is 0 Å². The van der Waals surface area contributed by atoms with E-state index >= 15 is 0 Å². The summed E-state index contributed by atoms with van der Waals surface area (Å²) in [5, 5.41) is 3.91. The molecule has 5 rings (SSSR count). The van der Waals surface area contributed by atoms with Crippen LogP contribution >= 0.6 is 23.1 Å². The lowest BCUT2D eigenvalue weighted by atomic mass is 10.1. The third-order valence-electron chi connectivity index (χ3n) is 4.42. The zero-order valence-corrected chi connectivity index (χ0v) is 15.0. The number of rotatable bonds is 2. The van der Waals surface area contributed by atoms with Crippen LogP contribution < -0.4 is 0 Å². The molecule has 122 valence electrons. The van der Waals surface area contributed by atoms with E-state index in [1.54, 1.807) is 11.3 Å². The van der Waals surface area contributed by atoms with Gasteiger partial charge in [-0.15, -0.1) is 23.1 Å². The first kappa shape index (κ1) is 15.7. The molecule has 2 aromatic carbocycles. The van der Waals surface area contributed by atoms with Crippen molar-refractivity contribution in [2.24, 2.45) is 5.92 Å². The minimum Gasteiger partial charge on any atom is -0.466 e. The Morgan fingerprint density at radius 2 is 1.88 bits per heavy atom. The molecule has 1 aromatic heterocycles. The number of thiophene rings is 1. The summed E-state index contributed by atoms with van der Waals surface area (Å²) >= 11 is 3.61. The first-order chi connectivity index (χ1) is 11.8. The maximum absolute atomic E-state index is 11.6. The number of esters is 1. The number of fused-ring (bicyclic) bond motifs is 4. The normalized spacial score (nSPS) is 23.0. The highest BCUT2D eigenvalue weighted by molar-refractivity contribution is 8.00. The van der Waals surface area contributed by atoms with Crippen LogP contribution in [-0.2, 0) is 9.53 Å². The van der Waals surface area contributed by atoms with E-state index in [9.17, 15) is 4.79 Å². The van der Waals surface area contributed by atoms with Gasteiger partial charge in [-0.05, 0) is 41.5 Å².